The van der Waals surface area contributed by atoms with Crippen LogP contribution in [0.3, 0.4) is 0 Å². The third-order valence-electron chi connectivity index (χ3n) is 4.90. The van der Waals surface area contributed by atoms with Crippen molar-refractivity contribution in [3.8, 4) is 0 Å². The summed E-state index contributed by atoms with van der Waals surface area (Å²) >= 11 is 1.36. The van der Waals surface area contributed by atoms with Gasteiger partial charge in [0.15, 0.2) is 0 Å². The van der Waals surface area contributed by atoms with Gasteiger partial charge >= 0.3 is 30.2 Å². The van der Waals surface area contributed by atoms with Crippen LogP contribution in [0.4, 0.5) is 5.69 Å². The van der Waals surface area contributed by atoms with Crippen LogP contribution in [0.5, 0.6) is 0 Å². The summed E-state index contributed by atoms with van der Waals surface area (Å²) in [5, 5.41) is 5.36. The van der Waals surface area contributed by atoms with Crippen LogP contribution in [0.1, 0.15) is 6.42 Å². The maximum Gasteiger partial charge on any atom is -0.171 e. The van der Waals surface area contributed by atoms with Crippen molar-refractivity contribution >= 4 is 58.9 Å². The molecule has 5 aromatic rings. The average Bonchev–Trinajstić information content (AvgIpc) is 3.64. The van der Waals surface area contributed by atoms with Crippen LogP contribution >= 0.6 is 24.8 Å². The van der Waals surface area contributed by atoms with Crippen molar-refractivity contribution in [2.24, 2.45) is 0 Å². The number of anilines is 1. The molecule has 0 saturated carbocycles. The Labute approximate surface area is 251 Å². The number of hydrogen-bond acceptors (Lipinski definition) is 1. The van der Waals surface area contributed by atoms with E-state index in [0.717, 1.165) is 6.42 Å². The van der Waals surface area contributed by atoms with Gasteiger partial charge in [-0.15, -0.1) is 65.6 Å². The predicted octanol–water partition coefficient (Wildman–Crippen LogP) is 8.52. The first-order chi connectivity index (χ1) is 17.3. The Morgan fingerprint density at radius 1 is 0.730 bits per heavy atom. The number of benzene rings is 4. The first-order valence-corrected chi connectivity index (χ1v) is 15.5. The molecular formula is C32H31Cl2NSiZr-4. The molecule has 1 nitrogen and oxygen atoms in total. The van der Waals surface area contributed by atoms with Gasteiger partial charge in [-0.2, -0.15) is 78.9 Å². The third-order valence-corrected chi connectivity index (χ3v) is 4.90. The van der Waals surface area contributed by atoms with Gasteiger partial charge in [-0.3, -0.25) is 6.08 Å². The number of fused-ring (bicyclic) bond motifs is 3. The fourth-order valence-corrected chi connectivity index (χ4v) is 3.39. The Balaban J connectivity index is 0.000000514. The number of nitrogens with zero attached hydrogens (tertiary/aromatic N) is 1. The van der Waals surface area contributed by atoms with Crippen LogP contribution in [-0.4, -0.2) is 21.0 Å². The van der Waals surface area contributed by atoms with Gasteiger partial charge in [0.1, 0.15) is 0 Å². The Morgan fingerprint density at radius 3 is 1.70 bits per heavy atom. The van der Waals surface area contributed by atoms with E-state index in [1.807, 2.05) is 72.8 Å². The molecule has 190 valence electrons. The van der Waals surface area contributed by atoms with E-state index in [4.69, 9.17) is 0 Å². The van der Waals surface area contributed by atoms with Gasteiger partial charge < -0.3 is 4.90 Å². The van der Waals surface area contributed by atoms with E-state index < -0.39 is 0 Å². The fraction of sp³-hybridized carbons (Fsp3) is 0.0938. The van der Waals surface area contributed by atoms with E-state index in [2.05, 4.69) is 98.7 Å². The van der Waals surface area contributed by atoms with Crippen molar-refractivity contribution in [3.05, 3.63) is 146 Å². The maximum atomic E-state index is 3.06. The van der Waals surface area contributed by atoms with E-state index in [-0.39, 0.29) is 24.8 Å². The zero-order chi connectivity index (χ0) is 25.1. The second-order valence-electron chi connectivity index (χ2n) is 7.53. The second-order valence-corrected chi connectivity index (χ2v) is 7.53. The number of allylic oxidation sites excluding steroid dienone is 4. The summed E-state index contributed by atoms with van der Waals surface area (Å²) in [5.74, 6) is 0. The molecule has 0 unspecified atom stereocenters. The van der Waals surface area contributed by atoms with E-state index >= 15 is 0 Å². The van der Waals surface area contributed by atoms with E-state index in [1.165, 1.54) is 50.6 Å². The number of halogens is 2. The molecule has 1 aliphatic rings. The smallest absolute Gasteiger partial charge is 0.171 e. The van der Waals surface area contributed by atoms with Crippen LogP contribution in [0, 0.1) is 18.2 Å². The molecule has 1 aliphatic carbocycles. The first kappa shape index (κ1) is 34.7. The second kappa shape index (κ2) is 21.8. The Hall–Kier alpha value is -2.29. The van der Waals surface area contributed by atoms with E-state index in [1.54, 1.807) is 0 Å². The van der Waals surface area contributed by atoms with Crippen molar-refractivity contribution < 1.29 is 23.3 Å². The van der Waals surface area contributed by atoms with Crippen LogP contribution in [0.15, 0.2) is 127 Å². The van der Waals surface area contributed by atoms with Crippen molar-refractivity contribution in [1.82, 2.24) is 0 Å². The van der Waals surface area contributed by atoms with Gasteiger partial charge in [0.05, 0.1) is 0 Å². The minimum absolute atomic E-state index is 0. The predicted molar refractivity (Wildman–Crippen MR) is 164 cm³/mol. The minimum Gasteiger partial charge on any atom is -0.184 e. The van der Waals surface area contributed by atoms with Crippen molar-refractivity contribution in [2.75, 3.05) is 19.0 Å². The number of rotatable bonds is 1. The largest absolute Gasteiger partial charge is 0.184 e. The Bertz CT molecular complexity index is 1190. The van der Waals surface area contributed by atoms with Gasteiger partial charge in [-0.1, -0.05) is 35.7 Å². The Kier molecular flexibility index (Phi) is 20.4. The molecular weight excluding hydrogens is 589 g/mol. The molecule has 0 amide bonds. The van der Waals surface area contributed by atoms with Gasteiger partial charge in [0, 0.05) is 19.8 Å². The Morgan fingerprint density at radius 2 is 1.30 bits per heavy atom. The molecule has 0 saturated heterocycles. The summed E-state index contributed by atoms with van der Waals surface area (Å²) < 4.78 is 0. The first-order valence-electron chi connectivity index (χ1n) is 11.3. The zero-order valence-electron chi connectivity index (χ0n) is 21.1. The molecule has 0 heterocycles. The molecule has 37 heavy (non-hydrogen) atoms. The zero-order valence-corrected chi connectivity index (χ0v) is 26.2. The van der Waals surface area contributed by atoms with Gasteiger partial charge in [-0.25, -0.2) is 12.2 Å². The fourth-order valence-electron chi connectivity index (χ4n) is 3.39. The molecule has 0 spiro atoms. The van der Waals surface area contributed by atoms with Crippen LogP contribution < -0.4 is 4.90 Å². The quantitative estimate of drug-likeness (QED) is 0.134. The van der Waals surface area contributed by atoms with Crippen molar-refractivity contribution in [2.45, 2.75) is 6.42 Å². The SMILES string of the molecule is CN(C)c1cccc2[cH-]c3ccccc3c12.Cl.Cl.[C-]1=CC=CC1.[Si]=[Zr].[c-]1ccccc1.[c-]1ccccc1. The van der Waals surface area contributed by atoms with Gasteiger partial charge in [-0.05, 0) is 0 Å². The molecule has 0 atom stereocenters. The standard InChI is InChI=1S/C15H14N.2C6H5.C5H5.2ClH.Si.Zr/c1-16(2)14-9-5-7-12-10-11-6-3-4-8-13(11)15(12)14;2*1-2-4-6-5-3-1;1-2-4-5-3-1;;;;/h3-10H,1-2H3;2*1-5H;1-3H,4H2;2*1H;;/q4*-1;;;;. The van der Waals surface area contributed by atoms with Crippen molar-refractivity contribution in [1.29, 1.82) is 0 Å². The van der Waals surface area contributed by atoms with E-state index in [9.17, 15) is 0 Å². The summed E-state index contributed by atoms with van der Waals surface area (Å²) in [4.78, 5) is 2.18. The maximum absolute atomic E-state index is 3.06. The van der Waals surface area contributed by atoms with Gasteiger partial charge in [0.2, 0.25) is 0 Å². The molecule has 5 aromatic carbocycles. The number of hydrogen-bond donors (Lipinski definition) is 0. The molecule has 6 rings (SSSR count). The summed E-state index contributed by atoms with van der Waals surface area (Å²) in [5.41, 5.74) is 1.29. The molecule has 0 aliphatic heterocycles. The molecule has 2 radical (unpaired) electrons. The van der Waals surface area contributed by atoms with Gasteiger partial charge in [0.25, 0.3) is 0 Å². The molecule has 5 heteroatoms. The van der Waals surface area contributed by atoms with E-state index in [0.29, 0.717) is 0 Å². The monoisotopic (exact) mass is 617 g/mol. The molecule has 0 N–H and O–H groups in total. The summed E-state index contributed by atoms with van der Waals surface area (Å²) in [7, 11) is 4.19. The van der Waals surface area contributed by atoms with Crippen LogP contribution in [0.25, 0.3) is 21.5 Å². The summed E-state index contributed by atoms with van der Waals surface area (Å²) in [6, 6.07) is 42.3. The normalized spacial score (nSPS) is 9.86. The van der Waals surface area contributed by atoms with Crippen LogP contribution in [0.2, 0.25) is 0 Å². The third kappa shape index (κ3) is 12.7. The molecule has 0 aromatic heterocycles. The minimum atomic E-state index is 0. The summed E-state index contributed by atoms with van der Waals surface area (Å²) in [6.45, 7) is 3.06. The van der Waals surface area contributed by atoms with Crippen molar-refractivity contribution in [3.63, 3.8) is 0 Å². The molecule has 0 bridgehead atoms. The summed E-state index contributed by atoms with van der Waals surface area (Å²) in [6.07, 6.45) is 10.0. The topological polar surface area (TPSA) is 3.24 Å². The average molecular weight is 620 g/mol. The van der Waals surface area contributed by atoms with Crippen LogP contribution in [-0.2, 0) is 23.3 Å². The molecule has 0 fully saturated rings.